The lowest BCUT2D eigenvalue weighted by molar-refractivity contribution is 0.377. The third kappa shape index (κ3) is 3.53. The normalized spacial score (nSPS) is 15.8. The molecule has 0 saturated carbocycles. The first-order valence-corrected chi connectivity index (χ1v) is 10.2. The van der Waals surface area contributed by atoms with Crippen molar-refractivity contribution in [3.05, 3.63) is 102 Å². The van der Waals surface area contributed by atoms with Crippen LogP contribution in [-0.2, 0) is 0 Å². The van der Waals surface area contributed by atoms with Crippen molar-refractivity contribution in [2.24, 2.45) is 5.10 Å². The maximum Gasteiger partial charge on any atom is 0.194 e. The summed E-state index contributed by atoms with van der Waals surface area (Å²) in [4.78, 5) is 9.06. The van der Waals surface area contributed by atoms with Crippen LogP contribution in [0.3, 0.4) is 0 Å². The van der Waals surface area contributed by atoms with Gasteiger partial charge >= 0.3 is 0 Å². The zero-order valence-corrected chi connectivity index (χ0v) is 17.0. The highest BCUT2D eigenvalue weighted by atomic mass is 32.1. The van der Waals surface area contributed by atoms with Gasteiger partial charge in [-0.2, -0.15) is 5.10 Å². The lowest BCUT2D eigenvalue weighted by Crippen LogP contribution is -2.31. The molecule has 2 heterocycles. The molecular weight excluding hydrogens is 390 g/mol. The number of benzene rings is 3. The SMILES string of the molecule is S=C(Nc1ccccc1)N1N=C(c2ccccc2)C[C@@H]1c1cccc2nccnc12. The molecule has 1 aromatic heterocycles. The molecule has 1 aliphatic rings. The standard InChI is InChI=1S/C24H19N5S/c30-24(27-18-10-5-2-6-11-18)29-22(16-21(28-29)17-8-3-1-4-9-17)19-12-7-13-20-23(19)26-15-14-25-20/h1-15,22H,16H2,(H,27,30)/t22-/m1/s1. The Morgan fingerprint density at radius 3 is 2.40 bits per heavy atom. The van der Waals surface area contributed by atoms with Crippen LogP contribution in [0.25, 0.3) is 11.0 Å². The Hall–Kier alpha value is -3.64. The van der Waals surface area contributed by atoms with E-state index in [9.17, 15) is 0 Å². The van der Waals surface area contributed by atoms with Crippen LogP contribution < -0.4 is 5.32 Å². The van der Waals surface area contributed by atoms with Gasteiger partial charge in [-0.15, -0.1) is 0 Å². The van der Waals surface area contributed by atoms with E-state index in [1.165, 1.54) is 0 Å². The van der Waals surface area contributed by atoms with Crippen molar-refractivity contribution in [3.63, 3.8) is 0 Å². The van der Waals surface area contributed by atoms with Gasteiger partial charge < -0.3 is 5.32 Å². The van der Waals surface area contributed by atoms with Crippen LogP contribution in [0.15, 0.2) is 96.4 Å². The Morgan fingerprint density at radius 2 is 1.60 bits per heavy atom. The number of anilines is 1. The van der Waals surface area contributed by atoms with Gasteiger partial charge in [-0.25, -0.2) is 5.01 Å². The second kappa shape index (κ2) is 8.00. The van der Waals surface area contributed by atoms with E-state index >= 15 is 0 Å². The van der Waals surface area contributed by atoms with Gasteiger partial charge in [0.05, 0.1) is 22.8 Å². The van der Waals surface area contributed by atoms with Crippen LogP contribution in [0.1, 0.15) is 23.6 Å². The third-order valence-electron chi connectivity index (χ3n) is 5.14. The first-order chi connectivity index (χ1) is 14.8. The maximum atomic E-state index is 5.77. The van der Waals surface area contributed by atoms with Crippen molar-refractivity contribution in [2.75, 3.05) is 5.32 Å². The van der Waals surface area contributed by atoms with Crippen LogP contribution >= 0.6 is 12.2 Å². The molecule has 0 unspecified atom stereocenters. The van der Waals surface area contributed by atoms with Crippen molar-refractivity contribution in [2.45, 2.75) is 12.5 Å². The molecule has 0 radical (unpaired) electrons. The number of hydrogen-bond acceptors (Lipinski definition) is 4. The fraction of sp³-hybridized carbons (Fsp3) is 0.0833. The van der Waals surface area contributed by atoms with E-state index in [1.807, 2.05) is 65.7 Å². The summed E-state index contributed by atoms with van der Waals surface area (Å²) < 4.78 is 0. The molecule has 146 valence electrons. The highest BCUT2D eigenvalue weighted by Crippen LogP contribution is 2.35. The number of nitrogens with one attached hydrogen (secondary N) is 1. The predicted molar refractivity (Wildman–Crippen MR) is 124 cm³/mol. The largest absolute Gasteiger partial charge is 0.331 e. The molecule has 5 rings (SSSR count). The fourth-order valence-corrected chi connectivity index (χ4v) is 4.02. The average Bonchev–Trinajstić information content (AvgIpc) is 3.25. The Bertz CT molecular complexity index is 1220. The van der Waals surface area contributed by atoms with Gasteiger partial charge in [-0.05, 0) is 36.0 Å². The Labute approximate surface area is 180 Å². The predicted octanol–water partition coefficient (Wildman–Crippen LogP) is 5.18. The van der Waals surface area contributed by atoms with Crippen LogP contribution in [-0.4, -0.2) is 25.8 Å². The number of nitrogens with zero attached hydrogens (tertiary/aromatic N) is 4. The monoisotopic (exact) mass is 409 g/mol. The molecule has 1 N–H and O–H groups in total. The molecular formula is C24H19N5S. The van der Waals surface area contributed by atoms with Gasteiger partial charge in [-0.1, -0.05) is 60.7 Å². The minimum Gasteiger partial charge on any atom is -0.331 e. The fourth-order valence-electron chi connectivity index (χ4n) is 3.73. The lowest BCUT2D eigenvalue weighted by atomic mass is 9.97. The minimum atomic E-state index is -0.0654. The van der Waals surface area contributed by atoms with Crippen LogP contribution in [0.4, 0.5) is 5.69 Å². The van der Waals surface area contributed by atoms with Gasteiger partial charge in [0.15, 0.2) is 5.11 Å². The van der Waals surface area contributed by atoms with Gasteiger partial charge in [0.25, 0.3) is 0 Å². The van der Waals surface area contributed by atoms with E-state index in [4.69, 9.17) is 17.3 Å². The van der Waals surface area contributed by atoms with Crippen LogP contribution in [0.2, 0.25) is 0 Å². The molecule has 3 aromatic carbocycles. The third-order valence-corrected chi connectivity index (χ3v) is 5.43. The smallest absolute Gasteiger partial charge is 0.194 e. The summed E-state index contributed by atoms with van der Waals surface area (Å²) >= 11 is 5.77. The number of fused-ring (bicyclic) bond motifs is 1. The van der Waals surface area contributed by atoms with Gasteiger partial charge in [0.2, 0.25) is 0 Å². The molecule has 30 heavy (non-hydrogen) atoms. The van der Waals surface area contributed by atoms with E-state index < -0.39 is 0 Å². The number of aromatic nitrogens is 2. The zero-order chi connectivity index (χ0) is 20.3. The summed E-state index contributed by atoms with van der Waals surface area (Å²) in [6, 6.07) is 26.1. The van der Waals surface area contributed by atoms with Crippen molar-refractivity contribution < 1.29 is 0 Å². The average molecular weight is 410 g/mol. The summed E-state index contributed by atoms with van der Waals surface area (Å²) in [5, 5.41) is 10.7. The number of hydrazone groups is 1. The Kier molecular flexibility index (Phi) is 4.91. The lowest BCUT2D eigenvalue weighted by Gasteiger charge is -2.25. The second-order valence-corrected chi connectivity index (χ2v) is 7.43. The van der Waals surface area contributed by atoms with E-state index in [-0.39, 0.29) is 6.04 Å². The molecule has 0 spiro atoms. The van der Waals surface area contributed by atoms with Crippen molar-refractivity contribution in [1.29, 1.82) is 0 Å². The molecule has 4 aromatic rings. The Balaban J connectivity index is 1.55. The molecule has 5 nitrogen and oxygen atoms in total. The van der Waals surface area contributed by atoms with Gasteiger partial charge in [0, 0.05) is 30.1 Å². The van der Waals surface area contributed by atoms with Gasteiger partial charge in [0.1, 0.15) is 0 Å². The number of rotatable bonds is 3. The first-order valence-electron chi connectivity index (χ1n) is 9.77. The molecule has 6 heteroatoms. The first kappa shape index (κ1) is 18.4. The van der Waals surface area contributed by atoms with Crippen LogP contribution in [0.5, 0.6) is 0 Å². The van der Waals surface area contributed by atoms with E-state index in [1.54, 1.807) is 12.4 Å². The summed E-state index contributed by atoms with van der Waals surface area (Å²) in [5.74, 6) is 0. The number of hydrogen-bond donors (Lipinski definition) is 1. The summed E-state index contributed by atoms with van der Waals surface area (Å²) in [5.41, 5.74) is 5.83. The van der Waals surface area contributed by atoms with Crippen molar-refractivity contribution in [3.8, 4) is 0 Å². The molecule has 0 fully saturated rings. The summed E-state index contributed by atoms with van der Waals surface area (Å²) in [7, 11) is 0. The molecule has 0 saturated heterocycles. The summed E-state index contributed by atoms with van der Waals surface area (Å²) in [6.07, 6.45) is 4.17. The quantitative estimate of drug-likeness (QED) is 0.473. The second-order valence-electron chi connectivity index (χ2n) is 7.04. The van der Waals surface area contributed by atoms with Crippen LogP contribution in [0, 0.1) is 0 Å². The molecule has 1 aliphatic heterocycles. The van der Waals surface area contributed by atoms with E-state index in [2.05, 4.69) is 33.5 Å². The van der Waals surface area contributed by atoms with Gasteiger partial charge in [-0.3, -0.25) is 9.97 Å². The summed E-state index contributed by atoms with van der Waals surface area (Å²) in [6.45, 7) is 0. The molecule has 0 amide bonds. The number of thiocarbonyl (C=S) groups is 1. The van der Waals surface area contributed by atoms with Crippen molar-refractivity contribution >= 4 is 39.8 Å². The van der Waals surface area contributed by atoms with Crippen molar-refractivity contribution in [1.82, 2.24) is 15.0 Å². The maximum absolute atomic E-state index is 5.77. The molecule has 1 atom stereocenters. The van der Waals surface area contributed by atoms with E-state index in [0.717, 1.165) is 40.0 Å². The minimum absolute atomic E-state index is 0.0654. The topological polar surface area (TPSA) is 53.4 Å². The molecule has 0 bridgehead atoms. The molecule has 0 aliphatic carbocycles. The number of para-hydroxylation sites is 2. The highest BCUT2D eigenvalue weighted by Gasteiger charge is 2.33. The zero-order valence-electron chi connectivity index (χ0n) is 16.1. The highest BCUT2D eigenvalue weighted by molar-refractivity contribution is 7.80. The van der Waals surface area contributed by atoms with E-state index in [0.29, 0.717) is 5.11 Å². The Morgan fingerprint density at radius 1 is 0.867 bits per heavy atom.